The largest absolute Gasteiger partial charge is 0.364 e. The quantitative estimate of drug-likeness (QED) is 0.704. The molecule has 1 unspecified atom stereocenters. The molecule has 0 amide bonds. The highest BCUT2D eigenvalue weighted by Gasteiger charge is 2.06. The molecule has 3 rings (SSSR count). The topological polar surface area (TPSA) is 37.8 Å². The lowest BCUT2D eigenvalue weighted by atomic mass is 10.1. The number of benzene rings is 1. The summed E-state index contributed by atoms with van der Waals surface area (Å²) in [6.45, 7) is 6.39. The first-order valence-electron chi connectivity index (χ1n) is 8.39. The van der Waals surface area contributed by atoms with Gasteiger partial charge in [0.2, 0.25) is 0 Å². The van der Waals surface area contributed by atoms with Crippen LogP contribution in [-0.2, 0) is 6.42 Å². The van der Waals surface area contributed by atoms with E-state index in [0.717, 1.165) is 23.4 Å². The molecule has 1 aromatic carbocycles. The molecule has 0 spiro atoms. The molecule has 3 aromatic rings. The second kappa shape index (κ2) is 7.26. The molecule has 0 aliphatic carbocycles. The summed E-state index contributed by atoms with van der Waals surface area (Å²) in [4.78, 5) is 8.86. The minimum Gasteiger partial charge on any atom is -0.364 e. The smallest absolute Gasteiger partial charge is 0.126 e. The minimum absolute atomic E-state index is 0.217. The van der Waals surface area contributed by atoms with Gasteiger partial charge in [-0.05, 0) is 49.6 Å². The van der Waals surface area contributed by atoms with Crippen LogP contribution in [0.15, 0.2) is 61.1 Å². The van der Waals surface area contributed by atoms with E-state index in [4.69, 9.17) is 0 Å². The Morgan fingerprint density at radius 3 is 2.42 bits per heavy atom. The van der Waals surface area contributed by atoms with Crippen LogP contribution >= 0.6 is 0 Å². The van der Waals surface area contributed by atoms with Gasteiger partial charge >= 0.3 is 0 Å². The highest BCUT2D eigenvalue weighted by molar-refractivity contribution is 5.63. The molecular formula is C21H23N3. The molecule has 0 aliphatic rings. The first-order chi connectivity index (χ1) is 11.7. The van der Waals surface area contributed by atoms with Crippen molar-refractivity contribution in [2.75, 3.05) is 5.32 Å². The van der Waals surface area contributed by atoms with Gasteiger partial charge in [-0.1, -0.05) is 36.8 Å². The molecule has 0 aliphatic heterocycles. The number of aryl methyl sites for hydroxylation is 2. The normalized spacial score (nSPS) is 12.0. The number of nitrogens with one attached hydrogen (secondary N) is 1. The summed E-state index contributed by atoms with van der Waals surface area (Å²) in [5, 5.41) is 3.45. The Labute approximate surface area is 143 Å². The van der Waals surface area contributed by atoms with Crippen LogP contribution in [0.25, 0.3) is 11.1 Å². The fraction of sp³-hybridized carbons (Fsp3) is 0.238. The van der Waals surface area contributed by atoms with Crippen LogP contribution in [0.1, 0.15) is 36.6 Å². The zero-order valence-electron chi connectivity index (χ0n) is 14.5. The van der Waals surface area contributed by atoms with E-state index in [9.17, 15) is 0 Å². The third-order valence-corrected chi connectivity index (χ3v) is 4.24. The first kappa shape index (κ1) is 16.2. The van der Waals surface area contributed by atoms with Crippen LogP contribution in [0.3, 0.4) is 0 Å². The Morgan fingerprint density at radius 2 is 1.75 bits per heavy atom. The summed E-state index contributed by atoms with van der Waals surface area (Å²) in [6, 6.07) is 15.1. The minimum atomic E-state index is 0.217. The molecule has 122 valence electrons. The van der Waals surface area contributed by atoms with Crippen molar-refractivity contribution in [2.24, 2.45) is 0 Å². The van der Waals surface area contributed by atoms with Gasteiger partial charge in [-0.2, -0.15) is 0 Å². The average Bonchev–Trinajstić information content (AvgIpc) is 2.63. The zero-order valence-corrected chi connectivity index (χ0v) is 14.5. The number of pyridine rings is 2. The number of rotatable bonds is 5. The molecule has 3 heteroatoms. The van der Waals surface area contributed by atoms with E-state index in [0.29, 0.717) is 0 Å². The van der Waals surface area contributed by atoms with Gasteiger partial charge in [0.05, 0.1) is 0 Å². The molecule has 1 N–H and O–H groups in total. The van der Waals surface area contributed by atoms with E-state index in [-0.39, 0.29) is 6.04 Å². The Balaban J connectivity index is 1.73. The SMILES string of the molecule is CCc1cncc(-c2ccc(NC(C)c3ccc(C)cc3)nc2)c1. The fourth-order valence-corrected chi connectivity index (χ4v) is 2.65. The Morgan fingerprint density at radius 1 is 0.958 bits per heavy atom. The zero-order chi connectivity index (χ0) is 16.9. The number of anilines is 1. The van der Waals surface area contributed by atoms with E-state index >= 15 is 0 Å². The molecule has 0 bridgehead atoms. The van der Waals surface area contributed by atoms with Crippen molar-refractivity contribution in [2.45, 2.75) is 33.2 Å². The lowest BCUT2D eigenvalue weighted by Crippen LogP contribution is -2.07. The Bertz CT molecular complexity index is 792. The summed E-state index contributed by atoms with van der Waals surface area (Å²) < 4.78 is 0. The lowest BCUT2D eigenvalue weighted by Gasteiger charge is -2.15. The van der Waals surface area contributed by atoms with Crippen LogP contribution in [-0.4, -0.2) is 9.97 Å². The summed E-state index contributed by atoms with van der Waals surface area (Å²) in [6.07, 6.45) is 6.69. The van der Waals surface area contributed by atoms with Crippen LogP contribution in [0, 0.1) is 6.92 Å². The maximum Gasteiger partial charge on any atom is 0.126 e. The monoisotopic (exact) mass is 317 g/mol. The lowest BCUT2D eigenvalue weighted by molar-refractivity contribution is 0.874. The summed E-state index contributed by atoms with van der Waals surface area (Å²) in [5.74, 6) is 0.881. The van der Waals surface area contributed by atoms with Crippen molar-refractivity contribution in [1.82, 2.24) is 9.97 Å². The second-order valence-corrected chi connectivity index (χ2v) is 6.14. The molecule has 2 heterocycles. The molecule has 0 fully saturated rings. The van der Waals surface area contributed by atoms with Crippen molar-refractivity contribution in [3.05, 3.63) is 77.7 Å². The Hall–Kier alpha value is -2.68. The number of aromatic nitrogens is 2. The number of hydrogen-bond acceptors (Lipinski definition) is 3. The van der Waals surface area contributed by atoms with Gasteiger partial charge in [-0.15, -0.1) is 0 Å². The van der Waals surface area contributed by atoms with Gasteiger partial charge in [0, 0.05) is 35.8 Å². The third-order valence-electron chi connectivity index (χ3n) is 4.24. The highest BCUT2D eigenvalue weighted by atomic mass is 15.0. The van der Waals surface area contributed by atoms with Crippen LogP contribution in [0.5, 0.6) is 0 Å². The molecule has 3 nitrogen and oxygen atoms in total. The summed E-state index contributed by atoms with van der Waals surface area (Å²) >= 11 is 0. The highest BCUT2D eigenvalue weighted by Crippen LogP contribution is 2.22. The van der Waals surface area contributed by atoms with Crippen LogP contribution in [0.4, 0.5) is 5.82 Å². The van der Waals surface area contributed by atoms with Gasteiger partial charge < -0.3 is 5.32 Å². The molecule has 24 heavy (non-hydrogen) atoms. The van der Waals surface area contributed by atoms with E-state index in [1.165, 1.54) is 16.7 Å². The van der Waals surface area contributed by atoms with Crippen molar-refractivity contribution < 1.29 is 0 Å². The van der Waals surface area contributed by atoms with Crippen molar-refractivity contribution >= 4 is 5.82 Å². The summed E-state index contributed by atoms with van der Waals surface area (Å²) in [5.41, 5.74) is 5.97. The molecule has 2 aromatic heterocycles. The van der Waals surface area contributed by atoms with Gasteiger partial charge in [0.25, 0.3) is 0 Å². The molecular weight excluding hydrogens is 294 g/mol. The maximum atomic E-state index is 4.55. The van der Waals surface area contributed by atoms with Gasteiger partial charge in [-0.3, -0.25) is 4.98 Å². The van der Waals surface area contributed by atoms with Crippen molar-refractivity contribution in [3.63, 3.8) is 0 Å². The summed E-state index contributed by atoms with van der Waals surface area (Å²) in [7, 11) is 0. The van der Waals surface area contributed by atoms with E-state index in [1.807, 2.05) is 24.7 Å². The Kier molecular flexibility index (Phi) is 4.90. The van der Waals surface area contributed by atoms with Gasteiger partial charge in [-0.25, -0.2) is 4.98 Å². The predicted molar refractivity (Wildman–Crippen MR) is 100 cm³/mol. The molecule has 0 saturated heterocycles. The van der Waals surface area contributed by atoms with E-state index in [1.54, 1.807) is 0 Å². The third kappa shape index (κ3) is 3.80. The maximum absolute atomic E-state index is 4.55. The predicted octanol–water partition coefficient (Wildman–Crippen LogP) is 5.19. The van der Waals surface area contributed by atoms with E-state index in [2.05, 4.69) is 72.5 Å². The first-order valence-corrected chi connectivity index (χ1v) is 8.39. The average molecular weight is 317 g/mol. The van der Waals surface area contributed by atoms with Gasteiger partial charge in [0.1, 0.15) is 5.82 Å². The fourth-order valence-electron chi connectivity index (χ4n) is 2.65. The van der Waals surface area contributed by atoms with Gasteiger partial charge in [0.15, 0.2) is 0 Å². The van der Waals surface area contributed by atoms with Crippen LogP contribution < -0.4 is 5.32 Å². The van der Waals surface area contributed by atoms with E-state index < -0.39 is 0 Å². The molecule has 1 atom stereocenters. The number of nitrogens with zero attached hydrogens (tertiary/aromatic N) is 2. The van der Waals surface area contributed by atoms with Crippen molar-refractivity contribution in [3.8, 4) is 11.1 Å². The molecule has 0 saturated carbocycles. The molecule has 0 radical (unpaired) electrons. The van der Waals surface area contributed by atoms with Crippen molar-refractivity contribution in [1.29, 1.82) is 0 Å². The number of hydrogen-bond donors (Lipinski definition) is 1. The van der Waals surface area contributed by atoms with Crippen LogP contribution in [0.2, 0.25) is 0 Å². The standard InChI is InChI=1S/C21H23N3/c1-4-17-11-20(13-22-12-17)19-9-10-21(23-14-19)24-16(3)18-7-5-15(2)6-8-18/h5-14,16H,4H2,1-3H3,(H,23,24). The second-order valence-electron chi connectivity index (χ2n) is 6.14.